The van der Waals surface area contributed by atoms with Crippen LogP contribution in [0.2, 0.25) is 0 Å². The minimum atomic E-state index is -0.0891. The molecular weight excluding hydrogens is 354 g/mol. The van der Waals surface area contributed by atoms with Crippen molar-refractivity contribution in [2.75, 3.05) is 46.4 Å². The fourth-order valence-corrected chi connectivity index (χ4v) is 5.11. The van der Waals surface area contributed by atoms with E-state index in [-0.39, 0.29) is 17.5 Å². The Hall–Kier alpha value is -1.37. The van der Waals surface area contributed by atoms with Gasteiger partial charge in [-0.1, -0.05) is 6.42 Å². The molecule has 4 rings (SSSR count). The van der Waals surface area contributed by atoms with Crippen LogP contribution in [0.15, 0.2) is 16.7 Å². The van der Waals surface area contributed by atoms with Crippen molar-refractivity contribution in [3.63, 3.8) is 0 Å². The van der Waals surface area contributed by atoms with Gasteiger partial charge in [0.1, 0.15) is 0 Å². The number of ether oxygens (including phenoxy) is 1. The van der Waals surface area contributed by atoms with Gasteiger partial charge < -0.3 is 14.5 Å². The molecule has 6 heteroatoms. The zero-order valence-corrected chi connectivity index (χ0v) is 17.4. The molecule has 1 spiro atoms. The third-order valence-electron chi connectivity index (χ3n) is 7.13. The van der Waals surface area contributed by atoms with Crippen molar-refractivity contribution in [3.8, 4) is 0 Å². The molecule has 6 nitrogen and oxygen atoms in total. The quantitative estimate of drug-likeness (QED) is 0.727. The highest BCUT2D eigenvalue weighted by Crippen LogP contribution is 2.36. The molecule has 156 valence electrons. The van der Waals surface area contributed by atoms with E-state index >= 15 is 0 Å². The molecule has 0 bridgehead atoms. The van der Waals surface area contributed by atoms with Crippen LogP contribution in [0, 0.1) is 12.8 Å². The van der Waals surface area contributed by atoms with E-state index in [9.17, 15) is 4.79 Å². The Morgan fingerprint density at radius 3 is 2.89 bits per heavy atom. The molecule has 1 saturated carbocycles. The molecule has 1 amide bonds. The zero-order valence-electron chi connectivity index (χ0n) is 17.4. The summed E-state index contributed by atoms with van der Waals surface area (Å²) in [7, 11) is 2.21. The molecule has 2 aliphatic heterocycles. The Kier molecular flexibility index (Phi) is 6.09. The van der Waals surface area contributed by atoms with Gasteiger partial charge in [-0.15, -0.1) is 0 Å². The number of hydrogen-bond donors (Lipinski definition) is 1. The molecule has 3 aliphatic rings. The summed E-state index contributed by atoms with van der Waals surface area (Å²) in [5, 5.41) is 3.29. The molecule has 28 heavy (non-hydrogen) atoms. The van der Waals surface area contributed by atoms with E-state index in [1.54, 1.807) is 6.26 Å². The van der Waals surface area contributed by atoms with Crippen LogP contribution in [0.4, 0.5) is 0 Å². The van der Waals surface area contributed by atoms with Gasteiger partial charge in [-0.2, -0.15) is 0 Å². The van der Waals surface area contributed by atoms with Crippen LogP contribution in [0.1, 0.15) is 54.6 Å². The Labute approximate surface area is 168 Å². The smallest absolute Gasteiger partial charge is 0.287 e. The van der Waals surface area contributed by atoms with Crippen molar-refractivity contribution >= 4 is 5.91 Å². The highest BCUT2D eigenvalue weighted by atomic mass is 16.5. The fraction of sp³-hybridized carbons (Fsp3) is 0.773. The average Bonchev–Trinajstić information content (AvgIpc) is 3.20. The van der Waals surface area contributed by atoms with Crippen LogP contribution >= 0.6 is 0 Å². The number of carbonyl (C=O) groups excluding carboxylic acids is 1. The molecule has 0 radical (unpaired) electrons. The van der Waals surface area contributed by atoms with Crippen LogP contribution < -0.4 is 5.32 Å². The molecule has 1 aliphatic carbocycles. The lowest BCUT2D eigenvalue weighted by Gasteiger charge is -2.48. The molecule has 2 unspecified atom stereocenters. The Morgan fingerprint density at radius 2 is 2.18 bits per heavy atom. The van der Waals surface area contributed by atoms with Gasteiger partial charge in [-0.3, -0.25) is 14.6 Å². The largest absolute Gasteiger partial charge is 0.459 e. The molecule has 1 aromatic rings. The monoisotopic (exact) mass is 389 g/mol. The van der Waals surface area contributed by atoms with Gasteiger partial charge in [-0.05, 0) is 70.2 Å². The first-order valence-electron chi connectivity index (χ1n) is 10.9. The second-order valence-electron chi connectivity index (χ2n) is 9.08. The number of rotatable bonds is 7. The summed E-state index contributed by atoms with van der Waals surface area (Å²) in [6.07, 6.45) is 8.98. The molecule has 3 fully saturated rings. The van der Waals surface area contributed by atoms with E-state index in [0.717, 1.165) is 63.7 Å². The number of hydrogen-bond acceptors (Lipinski definition) is 5. The Morgan fingerprint density at radius 1 is 1.32 bits per heavy atom. The normalized spacial score (nSPS) is 29.3. The summed E-state index contributed by atoms with van der Waals surface area (Å²) >= 11 is 0. The summed E-state index contributed by atoms with van der Waals surface area (Å²) in [4.78, 5) is 17.7. The molecule has 1 N–H and O–H groups in total. The Bertz CT molecular complexity index is 672. The van der Waals surface area contributed by atoms with Gasteiger partial charge in [0.2, 0.25) is 0 Å². The standard InChI is InChI=1S/C22H35N3O3/c1-17-13-19(28-14-17)21(26)23-20-7-10-24(2)22(20)8-4-9-25(16-22)11-12-27-15-18-5-3-6-18/h13-14,18,20H,3-12,15-16H2,1-2H3,(H,23,26). The van der Waals surface area contributed by atoms with Crippen molar-refractivity contribution in [2.45, 2.75) is 57.0 Å². The summed E-state index contributed by atoms with van der Waals surface area (Å²) in [6.45, 7) is 7.82. The lowest BCUT2D eigenvalue weighted by Crippen LogP contribution is -2.63. The van der Waals surface area contributed by atoms with Crippen LogP contribution in [-0.4, -0.2) is 73.7 Å². The van der Waals surface area contributed by atoms with Crippen molar-refractivity contribution in [3.05, 3.63) is 23.7 Å². The molecule has 0 aromatic carbocycles. The van der Waals surface area contributed by atoms with E-state index in [0.29, 0.717) is 5.76 Å². The average molecular weight is 390 g/mol. The molecular formula is C22H35N3O3. The Balaban J connectivity index is 1.33. The fourth-order valence-electron chi connectivity index (χ4n) is 5.11. The van der Waals surface area contributed by atoms with E-state index < -0.39 is 0 Å². The lowest BCUT2D eigenvalue weighted by atomic mass is 9.82. The van der Waals surface area contributed by atoms with Gasteiger partial charge >= 0.3 is 0 Å². The van der Waals surface area contributed by atoms with Crippen LogP contribution in [0.25, 0.3) is 0 Å². The first-order valence-corrected chi connectivity index (χ1v) is 10.9. The second-order valence-corrected chi connectivity index (χ2v) is 9.08. The number of carbonyl (C=O) groups is 1. The van der Waals surface area contributed by atoms with Crippen molar-refractivity contribution in [2.24, 2.45) is 5.92 Å². The number of aryl methyl sites for hydroxylation is 1. The predicted octanol–water partition coefficient (Wildman–Crippen LogP) is 2.67. The van der Waals surface area contributed by atoms with Gasteiger partial charge in [-0.25, -0.2) is 0 Å². The number of nitrogens with zero attached hydrogens (tertiary/aromatic N) is 2. The summed E-state index contributed by atoms with van der Waals surface area (Å²) in [5.41, 5.74) is 0.998. The SMILES string of the molecule is Cc1coc(C(=O)NC2CCN(C)C23CCCN(CCOCC2CCC2)C3)c1. The maximum Gasteiger partial charge on any atom is 0.287 e. The molecule has 1 aromatic heterocycles. The van der Waals surface area contributed by atoms with E-state index in [2.05, 4.69) is 22.2 Å². The van der Waals surface area contributed by atoms with Crippen LogP contribution in [0.3, 0.4) is 0 Å². The molecule has 2 atom stereocenters. The van der Waals surface area contributed by atoms with Crippen molar-refractivity contribution in [1.82, 2.24) is 15.1 Å². The van der Waals surface area contributed by atoms with Crippen LogP contribution in [-0.2, 0) is 4.74 Å². The highest BCUT2D eigenvalue weighted by Gasteiger charge is 2.49. The van der Waals surface area contributed by atoms with Crippen LogP contribution in [0.5, 0.6) is 0 Å². The van der Waals surface area contributed by atoms with Crippen molar-refractivity contribution < 1.29 is 13.9 Å². The van der Waals surface area contributed by atoms with Gasteiger partial charge in [0.05, 0.1) is 24.5 Å². The summed E-state index contributed by atoms with van der Waals surface area (Å²) < 4.78 is 11.3. The summed E-state index contributed by atoms with van der Waals surface area (Å²) in [5.74, 6) is 1.13. The van der Waals surface area contributed by atoms with Crippen molar-refractivity contribution in [1.29, 1.82) is 0 Å². The first-order chi connectivity index (χ1) is 13.6. The topological polar surface area (TPSA) is 58.0 Å². The zero-order chi connectivity index (χ0) is 19.6. The summed E-state index contributed by atoms with van der Waals surface area (Å²) in [6, 6.07) is 1.97. The second kappa shape index (κ2) is 8.56. The maximum atomic E-state index is 12.7. The molecule has 2 saturated heterocycles. The van der Waals surface area contributed by atoms with E-state index in [1.807, 2.05) is 13.0 Å². The van der Waals surface area contributed by atoms with Gasteiger partial charge in [0.25, 0.3) is 5.91 Å². The highest BCUT2D eigenvalue weighted by molar-refractivity contribution is 5.92. The first kappa shape index (κ1) is 19.9. The predicted molar refractivity (Wildman–Crippen MR) is 109 cm³/mol. The molecule has 3 heterocycles. The number of amides is 1. The number of nitrogens with one attached hydrogen (secondary N) is 1. The minimum Gasteiger partial charge on any atom is -0.459 e. The van der Waals surface area contributed by atoms with E-state index in [4.69, 9.17) is 9.15 Å². The maximum absolute atomic E-state index is 12.7. The third-order valence-corrected chi connectivity index (χ3v) is 7.13. The van der Waals surface area contributed by atoms with E-state index in [1.165, 1.54) is 25.7 Å². The number of piperidine rings is 1. The number of likely N-dealkylation sites (N-methyl/N-ethyl adjacent to an activating group) is 1. The third kappa shape index (κ3) is 4.14. The van der Waals surface area contributed by atoms with Gasteiger partial charge in [0.15, 0.2) is 5.76 Å². The minimum absolute atomic E-state index is 0.0174. The number of likely N-dealkylation sites (tertiary alicyclic amines) is 2. The van der Waals surface area contributed by atoms with Gasteiger partial charge in [0, 0.05) is 26.2 Å². The number of furan rings is 1. The lowest BCUT2D eigenvalue weighted by molar-refractivity contribution is 0.0120.